The summed E-state index contributed by atoms with van der Waals surface area (Å²) in [5.74, 6) is 0.0772. The Labute approximate surface area is 159 Å². The number of carbonyl (C=O) groups is 1. The highest BCUT2D eigenvalue weighted by Crippen LogP contribution is 2.40. The second kappa shape index (κ2) is 5.73. The van der Waals surface area contributed by atoms with Crippen LogP contribution in [0, 0.1) is 6.92 Å². The lowest BCUT2D eigenvalue weighted by molar-refractivity contribution is 0.0691. The van der Waals surface area contributed by atoms with Gasteiger partial charge in [-0.1, -0.05) is 29.8 Å². The van der Waals surface area contributed by atoms with Crippen molar-refractivity contribution in [2.75, 3.05) is 25.5 Å². The van der Waals surface area contributed by atoms with Crippen LogP contribution in [0.3, 0.4) is 0 Å². The summed E-state index contributed by atoms with van der Waals surface area (Å²) in [4.78, 5) is 14.5. The second-order valence-corrected chi connectivity index (χ2v) is 8.31. The molecule has 0 spiro atoms. The van der Waals surface area contributed by atoms with Crippen LogP contribution in [0.1, 0.15) is 40.9 Å². The first kappa shape index (κ1) is 17.4. The first-order valence-corrected chi connectivity index (χ1v) is 9.31. The molecule has 2 heterocycles. The fourth-order valence-corrected chi connectivity index (χ4v) is 4.25. The van der Waals surface area contributed by atoms with Crippen molar-refractivity contribution in [3.63, 3.8) is 0 Å². The molecule has 2 aliphatic rings. The van der Waals surface area contributed by atoms with E-state index in [0.29, 0.717) is 0 Å². The number of hydrogen-bond donors (Lipinski definition) is 2. The molecule has 2 aliphatic heterocycles. The molecule has 26 heavy (non-hydrogen) atoms. The maximum Gasteiger partial charge on any atom is 0.254 e. The molecule has 1 amide bonds. The molecule has 4 nitrogen and oxygen atoms in total. The summed E-state index contributed by atoms with van der Waals surface area (Å²) in [5, 5.41) is 7.83. The largest absolute Gasteiger partial charge is 0.373 e. The summed E-state index contributed by atoms with van der Waals surface area (Å²) in [6, 6.07) is 12.2. The zero-order chi connectivity index (χ0) is 18.7. The monoisotopic (exact) mass is 369 g/mol. The van der Waals surface area contributed by atoms with Crippen LogP contribution in [0.4, 0.5) is 5.69 Å². The first-order valence-electron chi connectivity index (χ1n) is 8.93. The fraction of sp³-hybridized carbons (Fsp3) is 0.381. The van der Waals surface area contributed by atoms with E-state index in [4.69, 9.17) is 11.6 Å². The summed E-state index contributed by atoms with van der Waals surface area (Å²) in [5.41, 5.74) is 4.65. The highest BCUT2D eigenvalue weighted by molar-refractivity contribution is 6.31. The third-order valence-corrected chi connectivity index (χ3v) is 6.48. The van der Waals surface area contributed by atoms with Crippen molar-refractivity contribution in [3.05, 3.63) is 63.7 Å². The topological polar surface area (TPSA) is 44.4 Å². The zero-order valence-electron chi connectivity index (χ0n) is 15.6. The smallest absolute Gasteiger partial charge is 0.254 e. The number of hydrogen-bond acceptors (Lipinski definition) is 3. The van der Waals surface area contributed by atoms with Crippen LogP contribution in [-0.4, -0.2) is 30.9 Å². The molecule has 2 N–H and O–H groups in total. The van der Waals surface area contributed by atoms with Crippen molar-refractivity contribution in [2.24, 2.45) is 0 Å². The molecule has 5 heteroatoms. The van der Waals surface area contributed by atoms with Gasteiger partial charge in [-0.05, 0) is 55.7 Å². The molecule has 1 fully saturated rings. The van der Waals surface area contributed by atoms with Gasteiger partial charge in [0.1, 0.15) is 0 Å². The molecule has 1 saturated heterocycles. The number of halogens is 1. The Balaban J connectivity index is 1.72. The predicted octanol–water partition coefficient (Wildman–Crippen LogP) is 3.88. The fourth-order valence-electron chi connectivity index (χ4n) is 4.07. The van der Waals surface area contributed by atoms with Gasteiger partial charge in [0.05, 0.1) is 11.1 Å². The number of anilines is 1. The average molecular weight is 370 g/mol. The van der Waals surface area contributed by atoms with E-state index in [9.17, 15) is 4.79 Å². The maximum atomic E-state index is 12.7. The minimum Gasteiger partial charge on any atom is -0.373 e. The normalized spacial score (nSPS) is 19.9. The molecule has 0 saturated carbocycles. The Morgan fingerprint density at radius 1 is 1.15 bits per heavy atom. The minimum absolute atomic E-state index is 0.0772. The lowest BCUT2D eigenvalue weighted by Gasteiger charge is -2.45. The van der Waals surface area contributed by atoms with Gasteiger partial charge in [-0.15, -0.1) is 0 Å². The molecule has 4 rings (SSSR count). The zero-order valence-corrected chi connectivity index (χ0v) is 16.4. The van der Waals surface area contributed by atoms with Crippen LogP contribution in [0.2, 0.25) is 5.02 Å². The summed E-state index contributed by atoms with van der Waals surface area (Å²) in [6.07, 6.45) is 0. The molecular formula is C21H24ClN3O. The van der Waals surface area contributed by atoms with E-state index in [0.717, 1.165) is 40.5 Å². The number of carbonyl (C=O) groups excluding carboxylic acids is 1. The molecule has 0 aromatic heterocycles. The molecule has 0 unspecified atom stereocenters. The van der Waals surface area contributed by atoms with E-state index in [1.165, 1.54) is 5.56 Å². The van der Waals surface area contributed by atoms with Crippen molar-refractivity contribution in [1.82, 2.24) is 10.2 Å². The number of fused-ring (bicyclic) bond motifs is 1. The van der Waals surface area contributed by atoms with Gasteiger partial charge in [0.2, 0.25) is 0 Å². The van der Waals surface area contributed by atoms with E-state index >= 15 is 0 Å². The van der Waals surface area contributed by atoms with Gasteiger partial charge < -0.3 is 15.5 Å². The Kier molecular flexibility index (Phi) is 3.83. The maximum absolute atomic E-state index is 12.7. The van der Waals surface area contributed by atoms with E-state index in [-0.39, 0.29) is 17.0 Å². The Hall–Kier alpha value is -2.04. The molecule has 2 aromatic carbocycles. The van der Waals surface area contributed by atoms with Gasteiger partial charge in [-0.3, -0.25) is 4.79 Å². The van der Waals surface area contributed by atoms with E-state index < -0.39 is 0 Å². The number of amides is 1. The quantitative estimate of drug-likeness (QED) is 0.862. The van der Waals surface area contributed by atoms with Crippen LogP contribution >= 0.6 is 11.6 Å². The number of benzene rings is 2. The van der Waals surface area contributed by atoms with Crippen molar-refractivity contribution in [2.45, 2.75) is 31.8 Å². The van der Waals surface area contributed by atoms with Crippen LogP contribution in [0.15, 0.2) is 36.4 Å². The van der Waals surface area contributed by atoms with Crippen molar-refractivity contribution in [1.29, 1.82) is 0 Å². The van der Waals surface area contributed by atoms with Gasteiger partial charge in [-0.25, -0.2) is 0 Å². The van der Waals surface area contributed by atoms with Crippen molar-refractivity contribution >= 4 is 23.2 Å². The third-order valence-electron chi connectivity index (χ3n) is 6.07. The molecule has 2 aromatic rings. The van der Waals surface area contributed by atoms with Crippen molar-refractivity contribution < 1.29 is 4.79 Å². The summed E-state index contributed by atoms with van der Waals surface area (Å²) in [6.45, 7) is 7.87. The van der Waals surface area contributed by atoms with Gasteiger partial charge in [-0.2, -0.15) is 0 Å². The third kappa shape index (κ3) is 2.36. The summed E-state index contributed by atoms with van der Waals surface area (Å²) < 4.78 is 0. The standard InChI is InChI=1S/C21H24ClN3O/c1-13-16(6-5-7-18(13)22)21(11-23-12-21)24-14-8-9-17-15(10-14)19(26)25(4)20(17,2)3/h5-10,23-24H,11-12H2,1-4H3. The van der Waals surface area contributed by atoms with E-state index in [2.05, 4.69) is 49.6 Å². The molecule has 136 valence electrons. The second-order valence-electron chi connectivity index (χ2n) is 7.91. The van der Waals surface area contributed by atoms with Crippen LogP contribution in [-0.2, 0) is 11.1 Å². The molecule has 0 bridgehead atoms. The lowest BCUT2D eigenvalue weighted by atomic mass is 9.81. The minimum atomic E-state index is -0.274. The molecule has 0 atom stereocenters. The van der Waals surface area contributed by atoms with Crippen LogP contribution in [0.5, 0.6) is 0 Å². The van der Waals surface area contributed by atoms with Gasteiger partial charge >= 0.3 is 0 Å². The average Bonchev–Trinajstić information content (AvgIpc) is 2.75. The van der Waals surface area contributed by atoms with E-state index in [1.54, 1.807) is 0 Å². The highest BCUT2D eigenvalue weighted by Gasteiger charge is 2.42. The van der Waals surface area contributed by atoms with E-state index in [1.807, 2.05) is 30.1 Å². The first-order chi connectivity index (χ1) is 12.3. The summed E-state index contributed by atoms with van der Waals surface area (Å²) in [7, 11) is 1.86. The van der Waals surface area contributed by atoms with Gasteiger partial charge in [0.15, 0.2) is 0 Å². The Bertz CT molecular complexity index is 902. The Morgan fingerprint density at radius 2 is 1.88 bits per heavy atom. The number of rotatable bonds is 3. The SMILES string of the molecule is Cc1c(Cl)cccc1C1(Nc2ccc3c(c2)C(=O)N(C)C3(C)C)CNC1. The molecule has 0 aliphatic carbocycles. The van der Waals surface area contributed by atoms with Crippen molar-refractivity contribution in [3.8, 4) is 0 Å². The van der Waals surface area contributed by atoms with Crippen LogP contribution < -0.4 is 10.6 Å². The molecule has 0 radical (unpaired) electrons. The van der Waals surface area contributed by atoms with Crippen LogP contribution in [0.25, 0.3) is 0 Å². The molecular weight excluding hydrogens is 346 g/mol. The highest BCUT2D eigenvalue weighted by atomic mass is 35.5. The predicted molar refractivity (Wildman–Crippen MR) is 106 cm³/mol. The van der Waals surface area contributed by atoms with Gasteiger partial charge in [0.25, 0.3) is 5.91 Å². The van der Waals surface area contributed by atoms with Gasteiger partial charge in [0, 0.05) is 36.4 Å². The number of nitrogens with zero attached hydrogens (tertiary/aromatic N) is 1. The summed E-state index contributed by atoms with van der Waals surface area (Å²) >= 11 is 6.35. The lowest BCUT2D eigenvalue weighted by Crippen LogP contribution is -2.61. The Morgan fingerprint density at radius 3 is 2.54 bits per heavy atom. The number of nitrogens with one attached hydrogen (secondary N) is 2.